The van der Waals surface area contributed by atoms with Gasteiger partial charge in [0.25, 0.3) is 0 Å². The minimum atomic E-state index is -0.717. The van der Waals surface area contributed by atoms with Crippen molar-refractivity contribution in [3.63, 3.8) is 0 Å². The van der Waals surface area contributed by atoms with Gasteiger partial charge < -0.3 is 16.2 Å². The number of carbonyl (C=O) groups is 1. The van der Waals surface area contributed by atoms with E-state index in [0.717, 1.165) is 13.0 Å². The molecular weight excluding hydrogens is 156 g/mol. The number of carboxylic acid groups (broad SMARTS) is 1. The monoisotopic (exact) mass is 172 g/mol. The van der Waals surface area contributed by atoms with Crippen LogP contribution in [0, 0.1) is 11.3 Å². The van der Waals surface area contributed by atoms with Crippen LogP contribution in [-0.2, 0) is 4.79 Å². The van der Waals surface area contributed by atoms with Crippen molar-refractivity contribution in [2.75, 3.05) is 19.6 Å². The highest BCUT2D eigenvalue weighted by Crippen LogP contribution is 2.33. The molecular formula is C8H16N2O2. The van der Waals surface area contributed by atoms with E-state index in [1.54, 1.807) is 6.92 Å². The van der Waals surface area contributed by atoms with Gasteiger partial charge in [-0.2, -0.15) is 0 Å². The van der Waals surface area contributed by atoms with Crippen LogP contribution in [0.25, 0.3) is 0 Å². The van der Waals surface area contributed by atoms with Crippen LogP contribution in [0.1, 0.15) is 13.3 Å². The van der Waals surface area contributed by atoms with E-state index in [1.165, 1.54) is 0 Å². The predicted octanol–water partition coefficient (Wildman–Crippen LogP) is -0.354. The lowest BCUT2D eigenvalue weighted by atomic mass is 9.78. The summed E-state index contributed by atoms with van der Waals surface area (Å²) in [6.07, 6.45) is 0.788. The largest absolute Gasteiger partial charge is 0.481 e. The van der Waals surface area contributed by atoms with Crippen molar-refractivity contribution >= 4 is 5.97 Å². The highest BCUT2D eigenvalue weighted by atomic mass is 16.4. The van der Waals surface area contributed by atoms with E-state index >= 15 is 0 Å². The summed E-state index contributed by atoms with van der Waals surface area (Å²) in [5.41, 5.74) is 4.80. The number of hydrogen-bond donors (Lipinski definition) is 3. The molecule has 1 rings (SSSR count). The number of rotatable bonds is 3. The fourth-order valence-corrected chi connectivity index (χ4v) is 1.75. The zero-order valence-corrected chi connectivity index (χ0v) is 7.34. The summed E-state index contributed by atoms with van der Waals surface area (Å²) in [4.78, 5) is 10.9. The normalized spacial score (nSPS) is 35.3. The van der Waals surface area contributed by atoms with Gasteiger partial charge in [-0.25, -0.2) is 0 Å². The van der Waals surface area contributed by atoms with Gasteiger partial charge in [-0.1, -0.05) is 0 Å². The molecule has 1 heterocycles. The van der Waals surface area contributed by atoms with Crippen molar-refractivity contribution in [3.05, 3.63) is 0 Å². The van der Waals surface area contributed by atoms with E-state index in [0.29, 0.717) is 13.1 Å². The molecule has 0 aliphatic carbocycles. The maximum atomic E-state index is 10.9. The number of nitrogens with two attached hydrogens (primary N) is 1. The Balaban J connectivity index is 2.67. The number of carboxylic acids is 1. The first-order valence-electron chi connectivity index (χ1n) is 4.25. The molecule has 0 saturated carbocycles. The molecule has 1 aliphatic heterocycles. The second-order valence-electron chi connectivity index (χ2n) is 3.63. The lowest BCUT2D eigenvalue weighted by molar-refractivity contribution is -0.149. The Kier molecular flexibility index (Phi) is 2.69. The summed E-state index contributed by atoms with van der Waals surface area (Å²) in [5, 5.41) is 12.1. The maximum absolute atomic E-state index is 10.9. The van der Waals surface area contributed by atoms with Gasteiger partial charge in [0, 0.05) is 6.54 Å². The van der Waals surface area contributed by atoms with Gasteiger partial charge in [0.2, 0.25) is 0 Å². The van der Waals surface area contributed by atoms with Crippen LogP contribution >= 0.6 is 0 Å². The standard InChI is InChI=1S/C8H16N2O2/c1-8(7(11)12)5-10-4-6(8)2-3-9/h6,10H,2-5,9H2,1H3,(H,11,12). The lowest BCUT2D eigenvalue weighted by Gasteiger charge is -2.24. The van der Waals surface area contributed by atoms with Crippen molar-refractivity contribution in [2.45, 2.75) is 13.3 Å². The van der Waals surface area contributed by atoms with Crippen LogP contribution in [-0.4, -0.2) is 30.7 Å². The molecule has 0 amide bonds. The summed E-state index contributed by atoms with van der Waals surface area (Å²) in [5.74, 6) is -0.536. The molecule has 0 aromatic heterocycles. The van der Waals surface area contributed by atoms with E-state index < -0.39 is 11.4 Å². The van der Waals surface area contributed by atoms with Crippen LogP contribution in [0.3, 0.4) is 0 Å². The SMILES string of the molecule is CC1(C(=O)O)CNCC1CCN. The van der Waals surface area contributed by atoms with Crippen LogP contribution in [0.15, 0.2) is 0 Å². The smallest absolute Gasteiger partial charge is 0.310 e. The second kappa shape index (κ2) is 3.41. The summed E-state index contributed by atoms with van der Waals surface area (Å²) >= 11 is 0. The van der Waals surface area contributed by atoms with Crippen LogP contribution in [0.5, 0.6) is 0 Å². The third-order valence-electron chi connectivity index (χ3n) is 2.79. The summed E-state index contributed by atoms with van der Waals surface area (Å²) in [6, 6.07) is 0. The Morgan fingerprint density at radius 2 is 2.50 bits per heavy atom. The molecule has 1 saturated heterocycles. The average Bonchev–Trinajstić information content (AvgIpc) is 2.35. The molecule has 4 nitrogen and oxygen atoms in total. The quantitative estimate of drug-likeness (QED) is 0.543. The van der Waals surface area contributed by atoms with Gasteiger partial charge in [-0.05, 0) is 32.4 Å². The second-order valence-corrected chi connectivity index (χ2v) is 3.63. The van der Waals surface area contributed by atoms with Crippen molar-refractivity contribution in [3.8, 4) is 0 Å². The number of aliphatic carboxylic acids is 1. The van der Waals surface area contributed by atoms with Gasteiger partial charge in [0.05, 0.1) is 5.41 Å². The Hall–Kier alpha value is -0.610. The van der Waals surface area contributed by atoms with E-state index in [9.17, 15) is 4.79 Å². The molecule has 4 N–H and O–H groups in total. The first-order valence-corrected chi connectivity index (χ1v) is 4.25. The van der Waals surface area contributed by atoms with Crippen molar-refractivity contribution in [1.29, 1.82) is 0 Å². The summed E-state index contributed by atoms with van der Waals surface area (Å²) in [7, 11) is 0. The third-order valence-corrected chi connectivity index (χ3v) is 2.79. The van der Waals surface area contributed by atoms with Gasteiger partial charge in [0.1, 0.15) is 0 Å². The van der Waals surface area contributed by atoms with Crippen molar-refractivity contribution < 1.29 is 9.90 Å². The van der Waals surface area contributed by atoms with E-state index in [2.05, 4.69) is 5.32 Å². The topological polar surface area (TPSA) is 75.3 Å². The Labute approximate surface area is 72.1 Å². The Morgan fingerprint density at radius 1 is 1.83 bits per heavy atom. The third kappa shape index (κ3) is 1.44. The molecule has 1 fully saturated rings. The first kappa shape index (κ1) is 9.48. The summed E-state index contributed by atoms with van der Waals surface area (Å²) < 4.78 is 0. The Morgan fingerprint density at radius 3 is 3.00 bits per heavy atom. The molecule has 0 aromatic carbocycles. The molecule has 0 spiro atoms. The van der Waals surface area contributed by atoms with Crippen LogP contribution in [0.2, 0.25) is 0 Å². The molecule has 2 atom stereocenters. The molecule has 0 bridgehead atoms. The van der Waals surface area contributed by atoms with E-state index in [1.807, 2.05) is 0 Å². The van der Waals surface area contributed by atoms with E-state index in [4.69, 9.17) is 10.8 Å². The van der Waals surface area contributed by atoms with Crippen LogP contribution < -0.4 is 11.1 Å². The molecule has 70 valence electrons. The summed E-state index contributed by atoms with van der Waals surface area (Å²) in [6.45, 7) is 3.69. The lowest BCUT2D eigenvalue weighted by Crippen LogP contribution is -2.36. The molecule has 12 heavy (non-hydrogen) atoms. The van der Waals surface area contributed by atoms with E-state index in [-0.39, 0.29) is 5.92 Å². The van der Waals surface area contributed by atoms with Crippen LogP contribution in [0.4, 0.5) is 0 Å². The Bertz CT molecular complexity index is 184. The minimum absolute atomic E-state index is 0.181. The van der Waals surface area contributed by atoms with Crippen molar-refractivity contribution in [2.24, 2.45) is 17.1 Å². The van der Waals surface area contributed by atoms with Gasteiger partial charge in [-0.15, -0.1) is 0 Å². The molecule has 0 radical (unpaired) electrons. The highest BCUT2D eigenvalue weighted by Gasteiger charge is 2.44. The first-order chi connectivity index (χ1) is 5.61. The number of nitrogens with one attached hydrogen (secondary N) is 1. The fourth-order valence-electron chi connectivity index (χ4n) is 1.75. The zero-order valence-electron chi connectivity index (χ0n) is 7.34. The fraction of sp³-hybridized carbons (Fsp3) is 0.875. The van der Waals surface area contributed by atoms with Gasteiger partial charge in [0.15, 0.2) is 0 Å². The molecule has 1 aliphatic rings. The van der Waals surface area contributed by atoms with Gasteiger partial charge >= 0.3 is 5.97 Å². The highest BCUT2D eigenvalue weighted by molar-refractivity contribution is 5.75. The maximum Gasteiger partial charge on any atom is 0.310 e. The van der Waals surface area contributed by atoms with Crippen molar-refractivity contribution in [1.82, 2.24) is 5.32 Å². The molecule has 2 unspecified atom stereocenters. The molecule has 0 aromatic rings. The number of hydrogen-bond acceptors (Lipinski definition) is 3. The molecule has 4 heteroatoms. The predicted molar refractivity (Wildman–Crippen MR) is 45.8 cm³/mol. The average molecular weight is 172 g/mol. The minimum Gasteiger partial charge on any atom is -0.481 e. The zero-order chi connectivity index (χ0) is 9.19. The van der Waals surface area contributed by atoms with Gasteiger partial charge in [-0.3, -0.25) is 4.79 Å².